The van der Waals surface area contributed by atoms with Gasteiger partial charge in [0.15, 0.2) is 5.16 Å². The topological polar surface area (TPSA) is 63.4 Å². The van der Waals surface area contributed by atoms with Gasteiger partial charge in [0.05, 0.1) is 11.8 Å². The van der Waals surface area contributed by atoms with Crippen molar-refractivity contribution in [3.63, 3.8) is 0 Å². The Morgan fingerprint density at radius 2 is 2.11 bits per heavy atom. The molecule has 0 bridgehead atoms. The van der Waals surface area contributed by atoms with Crippen LogP contribution in [0, 0.1) is 13.8 Å². The van der Waals surface area contributed by atoms with Gasteiger partial charge in [-0.25, -0.2) is 4.98 Å². The molecule has 1 unspecified atom stereocenters. The zero-order valence-electron chi connectivity index (χ0n) is 15.8. The van der Waals surface area contributed by atoms with E-state index in [1.54, 1.807) is 0 Å². The maximum Gasteiger partial charge on any atom is 0.256 e. The van der Waals surface area contributed by atoms with Gasteiger partial charge in [-0.3, -0.25) is 9.20 Å². The molecule has 6 nitrogen and oxygen atoms in total. The molecule has 1 aliphatic carbocycles. The Balaban J connectivity index is 1.49. The molecule has 1 amide bonds. The molecule has 2 aromatic heterocycles. The molecule has 1 aromatic carbocycles. The lowest BCUT2D eigenvalue weighted by Gasteiger charge is -2.33. The van der Waals surface area contributed by atoms with Crippen molar-refractivity contribution in [2.45, 2.75) is 44.3 Å². The lowest BCUT2D eigenvalue weighted by Crippen LogP contribution is -2.34. The molecule has 140 valence electrons. The van der Waals surface area contributed by atoms with Crippen LogP contribution in [0.1, 0.15) is 41.4 Å². The summed E-state index contributed by atoms with van der Waals surface area (Å²) in [6, 6.07) is 10.6. The molecule has 0 aliphatic heterocycles. The van der Waals surface area contributed by atoms with Gasteiger partial charge in [-0.2, -0.15) is 0 Å². The molecular weight excluding hydrogens is 358 g/mol. The standard InChI is InChI=1S/C20H23N5OS/c1-13-11-14(2)25-19(21-13)22-23-20(25)27-12-18(26)24(3)17-10-6-8-15-7-4-5-9-16(15)17/h4-5,7,9,11,17H,6,8,10,12H2,1-3H3. The molecule has 0 radical (unpaired) electrons. The molecule has 0 fully saturated rings. The van der Waals surface area contributed by atoms with Gasteiger partial charge in [0, 0.05) is 18.4 Å². The summed E-state index contributed by atoms with van der Waals surface area (Å²) in [7, 11) is 1.91. The summed E-state index contributed by atoms with van der Waals surface area (Å²) < 4.78 is 1.90. The fraction of sp³-hybridized carbons (Fsp3) is 0.400. The molecule has 4 rings (SSSR count). The van der Waals surface area contributed by atoms with E-state index in [1.165, 1.54) is 22.9 Å². The molecule has 3 aromatic rings. The number of carbonyl (C=O) groups excluding carboxylic acids is 1. The lowest BCUT2D eigenvalue weighted by atomic mass is 9.87. The van der Waals surface area contributed by atoms with Crippen molar-refractivity contribution in [3.8, 4) is 0 Å². The number of hydrogen-bond acceptors (Lipinski definition) is 5. The van der Waals surface area contributed by atoms with Crippen LogP contribution in [-0.4, -0.2) is 43.2 Å². The molecule has 0 spiro atoms. The van der Waals surface area contributed by atoms with Crippen molar-refractivity contribution in [3.05, 3.63) is 52.8 Å². The minimum Gasteiger partial charge on any atom is -0.338 e. The minimum atomic E-state index is 0.108. The Morgan fingerprint density at radius 3 is 2.96 bits per heavy atom. The van der Waals surface area contributed by atoms with Crippen LogP contribution in [0.3, 0.4) is 0 Å². The van der Waals surface area contributed by atoms with Crippen LogP contribution in [0.15, 0.2) is 35.5 Å². The van der Waals surface area contributed by atoms with Gasteiger partial charge in [0.2, 0.25) is 5.91 Å². The van der Waals surface area contributed by atoms with Gasteiger partial charge in [0.25, 0.3) is 5.78 Å². The first-order chi connectivity index (χ1) is 13.0. The number of fused-ring (bicyclic) bond motifs is 2. The zero-order valence-corrected chi connectivity index (χ0v) is 16.7. The van der Waals surface area contributed by atoms with E-state index in [4.69, 9.17) is 0 Å². The highest BCUT2D eigenvalue weighted by atomic mass is 32.2. The predicted octanol–water partition coefficient (Wildman–Crippen LogP) is 3.37. The Kier molecular flexibility index (Phi) is 4.86. The molecule has 2 heterocycles. The van der Waals surface area contributed by atoms with Gasteiger partial charge in [0.1, 0.15) is 0 Å². The van der Waals surface area contributed by atoms with E-state index in [-0.39, 0.29) is 11.9 Å². The summed E-state index contributed by atoms with van der Waals surface area (Å²) in [6.45, 7) is 3.94. The fourth-order valence-electron chi connectivity index (χ4n) is 3.83. The third-order valence-electron chi connectivity index (χ3n) is 5.19. The summed E-state index contributed by atoms with van der Waals surface area (Å²) in [4.78, 5) is 19.1. The second kappa shape index (κ2) is 7.31. The van der Waals surface area contributed by atoms with Crippen LogP contribution in [0.25, 0.3) is 5.78 Å². The second-order valence-corrected chi connectivity index (χ2v) is 8.00. The van der Waals surface area contributed by atoms with E-state index in [0.29, 0.717) is 16.7 Å². The van der Waals surface area contributed by atoms with Crippen molar-refractivity contribution in [2.75, 3.05) is 12.8 Å². The minimum absolute atomic E-state index is 0.108. The van der Waals surface area contributed by atoms with Crippen molar-refractivity contribution in [1.29, 1.82) is 0 Å². The summed E-state index contributed by atoms with van der Waals surface area (Å²) >= 11 is 1.42. The van der Waals surface area contributed by atoms with Gasteiger partial charge in [-0.15, -0.1) is 10.2 Å². The van der Waals surface area contributed by atoms with E-state index in [0.717, 1.165) is 30.7 Å². The Morgan fingerprint density at radius 1 is 1.30 bits per heavy atom. The largest absolute Gasteiger partial charge is 0.338 e. The summed E-state index contributed by atoms with van der Waals surface area (Å²) in [5.74, 6) is 1.02. The van der Waals surface area contributed by atoms with E-state index >= 15 is 0 Å². The smallest absolute Gasteiger partial charge is 0.256 e. The SMILES string of the molecule is Cc1cc(C)n2c(SCC(=O)N(C)C3CCCc4ccccc43)nnc2n1. The molecule has 1 atom stereocenters. The highest BCUT2D eigenvalue weighted by molar-refractivity contribution is 7.99. The van der Waals surface area contributed by atoms with Crippen molar-refractivity contribution < 1.29 is 4.79 Å². The van der Waals surface area contributed by atoms with Crippen LogP contribution < -0.4 is 0 Å². The third-order valence-corrected chi connectivity index (χ3v) is 6.10. The van der Waals surface area contributed by atoms with Crippen LogP contribution >= 0.6 is 11.8 Å². The molecule has 0 saturated carbocycles. The number of carbonyl (C=O) groups is 1. The maximum absolute atomic E-state index is 12.9. The van der Waals surface area contributed by atoms with Gasteiger partial charge in [-0.05, 0) is 50.3 Å². The average molecular weight is 382 g/mol. The van der Waals surface area contributed by atoms with E-state index < -0.39 is 0 Å². The van der Waals surface area contributed by atoms with E-state index in [9.17, 15) is 4.79 Å². The number of aromatic nitrogens is 4. The molecule has 1 aliphatic rings. The number of amides is 1. The fourth-order valence-corrected chi connectivity index (χ4v) is 4.74. The van der Waals surface area contributed by atoms with Crippen molar-refractivity contribution in [2.24, 2.45) is 0 Å². The number of thioether (sulfide) groups is 1. The van der Waals surface area contributed by atoms with Crippen molar-refractivity contribution in [1.82, 2.24) is 24.5 Å². The number of benzene rings is 1. The zero-order chi connectivity index (χ0) is 19.0. The first kappa shape index (κ1) is 18.0. The summed E-state index contributed by atoms with van der Waals surface area (Å²) in [6.07, 6.45) is 3.23. The second-order valence-electron chi connectivity index (χ2n) is 7.06. The quantitative estimate of drug-likeness (QED) is 0.649. The Hall–Kier alpha value is -2.41. The lowest BCUT2D eigenvalue weighted by molar-refractivity contribution is -0.129. The third kappa shape index (κ3) is 3.43. The molecule has 0 N–H and O–H groups in total. The van der Waals surface area contributed by atoms with Gasteiger partial charge >= 0.3 is 0 Å². The Labute approximate surface area is 163 Å². The Bertz CT molecular complexity index is 999. The first-order valence-corrected chi connectivity index (χ1v) is 10.2. The van der Waals surface area contributed by atoms with Crippen molar-refractivity contribution >= 4 is 23.4 Å². The highest BCUT2D eigenvalue weighted by Crippen LogP contribution is 2.34. The molecule has 0 saturated heterocycles. The van der Waals surface area contributed by atoms with Crippen LogP contribution in [0.5, 0.6) is 0 Å². The molecule has 7 heteroatoms. The number of aryl methyl sites for hydroxylation is 3. The predicted molar refractivity (Wildman–Crippen MR) is 106 cm³/mol. The summed E-state index contributed by atoms with van der Waals surface area (Å²) in [5, 5.41) is 9.07. The van der Waals surface area contributed by atoms with E-state index in [1.807, 2.05) is 36.3 Å². The monoisotopic (exact) mass is 381 g/mol. The number of rotatable bonds is 4. The molecular formula is C20H23N5OS. The first-order valence-electron chi connectivity index (χ1n) is 9.20. The van der Waals surface area contributed by atoms with Crippen LogP contribution in [-0.2, 0) is 11.2 Å². The van der Waals surface area contributed by atoms with E-state index in [2.05, 4.69) is 39.4 Å². The highest BCUT2D eigenvalue weighted by Gasteiger charge is 2.26. The number of nitrogens with zero attached hydrogens (tertiary/aromatic N) is 5. The van der Waals surface area contributed by atoms with Crippen LogP contribution in [0.2, 0.25) is 0 Å². The van der Waals surface area contributed by atoms with Crippen LogP contribution in [0.4, 0.5) is 0 Å². The number of hydrogen-bond donors (Lipinski definition) is 0. The van der Waals surface area contributed by atoms with Gasteiger partial charge in [-0.1, -0.05) is 36.0 Å². The average Bonchev–Trinajstić information content (AvgIpc) is 3.08. The van der Waals surface area contributed by atoms with Gasteiger partial charge < -0.3 is 4.90 Å². The summed E-state index contributed by atoms with van der Waals surface area (Å²) in [5.41, 5.74) is 4.58. The molecule has 27 heavy (non-hydrogen) atoms. The normalized spacial score (nSPS) is 16.3. The maximum atomic E-state index is 12.9.